The third kappa shape index (κ3) is 3.77. The first-order chi connectivity index (χ1) is 8.56. The van der Waals surface area contributed by atoms with Gasteiger partial charge in [-0.25, -0.2) is 4.39 Å². The quantitative estimate of drug-likeness (QED) is 0.460. The van der Waals surface area contributed by atoms with Crippen molar-refractivity contribution in [3.05, 3.63) is 34.1 Å². The third-order valence-corrected chi connectivity index (χ3v) is 2.28. The Morgan fingerprint density at radius 2 is 2.22 bits per heavy atom. The summed E-state index contributed by atoms with van der Waals surface area (Å²) < 4.78 is 13.4. The van der Waals surface area contributed by atoms with Crippen LogP contribution >= 0.6 is 0 Å². The van der Waals surface area contributed by atoms with Crippen molar-refractivity contribution in [3.8, 4) is 0 Å². The lowest BCUT2D eigenvalue weighted by Gasteiger charge is -2.06. The molecule has 0 aliphatic carbocycles. The monoisotopic (exact) mass is 255 g/mol. The van der Waals surface area contributed by atoms with Gasteiger partial charge in [0.1, 0.15) is 0 Å². The van der Waals surface area contributed by atoms with E-state index in [0.717, 1.165) is 12.1 Å². The third-order valence-electron chi connectivity index (χ3n) is 2.28. The Hall–Kier alpha value is -2.02. The number of rotatable bonds is 6. The molecule has 0 radical (unpaired) electrons. The van der Waals surface area contributed by atoms with Crippen LogP contribution in [0.2, 0.25) is 0 Å². The first-order valence-corrected chi connectivity index (χ1v) is 5.43. The second kappa shape index (κ2) is 6.65. The predicted molar refractivity (Wildman–Crippen MR) is 64.8 cm³/mol. The van der Waals surface area contributed by atoms with Crippen molar-refractivity contribution in [1.29, 1.82) is 0 Å². The number of carbonyl (C=O) groups excluding carboxylic acids is 1. The SMILES string of the molecule is CNCCCC(=O)Nc1c(F)cccc1[N+](=O)[O-]. The lowest BCUT2D eigenvalue weighted by atomic mass is 10.2. The minimum Gasteiger partial charge on any atom is -0.320 e. The summed E-state index contributed by atoms with van der Waals surface area (Å²) in [6.45, 7) is 0.646. The molecule has 1 aromatic rings. The van der Waals surface area contributed by atoms with Crippen LogP contribution in [0.25, 0.3) is 0 Å². The normalized spacial score (nSPS) is 10.1. The number of para-hydroxylation sites is 1. The molecule has 0 fully saturated rings. The molecule has 7 heteroatoms. The molecule has 6 nitrogen and oxygen atoms in total. The van der Waals surface area contributed by atoms with Crippen LogP contribution in [0.1, 0.15) is 12.8 Å². The highest BCUT2D eigenvalue weighted by Gasteiger charge is 2.19. The first kappa shape index (κ1) is 14.0. The molecule has 18 heavy (non-hydrogen) atoms. The fourth-order valence-electron chi connectivity index (χ4n) is 1.42. The molecule has 2 N–H and O–H groups in total. The van der Waals surface area contributed by atoms with Crippen LogP contribution in [0.15, 0.2) is 18.2 Å². The van der Waals surface area contributed by atoms with Crippen molar-refractivity contribution in [3.63, 3.8) is 0 Å². The molecule has 0 atom stereocenters. The number of halogens is 1. The van der Waals surface area contributed by atoms with Gasteiger partial charge in [-0.15, -0.1) is 0 Å². The van der Waals surface area contributed by atoms with Gasteiger partial charge in [0.05, 0.1) is 4.92 Å². The Morgan fingerprint density at radius 1 is 1.50 bits per heavy atom. The van der Waals surface area contributed by atoms with Gasteiger partial charge in [0, 0.05) is 12.5 Å². The maximum atomic E-state index is 13.4. The summed E-state index contributed by atoms with van der Waals surface area (Å²) in [6, 6.07) is 3.44. The molecule has 0 bridgehead atoms. The molecule has 0 saturated heterocycles. The Kier molecular flexibility index (Phi) is 5.19. The molecule has 0 heterocycles. The van der Waals surface area contributed by atoms with Crippen LogP contribution in [-0.2, 0) is 4.79 Å². The number of nitro groups is 1. The maximum absolute atomic E-state index is 13.4. The van der Waals surface area contributed by atoms with E-state index in [1.54, 1.807) is 7.05 Å². The number of carbonyl (C=O) groups is 1. The van der Waals surface area contributed by atoms with Crippen LogP contribution < -0.4 is 10.6 Å². The lowest BCUT2D eigenvalue weighted by molar-refractivity contribution is -0.384. The molecule has 0 aromatic heterocycles. The number of nitrogens with one attached hydrogen (secondary N) is 2. The highest BCUT2D eigenvalue weighted by Crippen LogP contribution is 2.27. The molecule has 0 spiro atoms. The molecule has 1 aromatic carbocycles. The standard InChI is InChI=1S/C11H14FN3O3/c1-13-7-3-6-10(16)14-11-8(12)4-2-5-9(11)15(17)18/h2,4-5,13H,3,6-7H2,1H3,(H,14,16). The summed E-state index contributed by atoms with van der Waals surface area (Å²) in [6.07, 6.45) is 0.747. The minimum absolute atomic E-state index is 0.173. The summed E-state index contributed by atoms with van der Waals surface area (Å²) in [7, 11) is 1.75. The van der Waals surface area contributed by atoms with E-state index in [2.05, 4.69) is 10.6 Å². The molecule has 1 amide bonds. The van der Waals surface area contributed by atoms with Gasteiger partial charge in [-0.2, -0.15) is 0 Å². The highest BCUT2D eigenvalue weighted by molar-refractivity contribution is 5.93. The minimum atomic E-state index is -0.814. The summed E-state index contributed by atoms with van der Waals surface area (Å²) >= 11 is 0. The van der Waals surface area contributed by atoms with E-state index < -0.39 is 22.3 Å². The van der Waals surface area contributed by atoms with E-state index in [0.29, 0.717) is 13.0 Å². The lowest BCUT2D eigenvalue weighted by Crippen LogP contribution is -2.16. The van der Waals surface area contributed by atoms with Gasteiger partial charge < -0.3 is 10.6 Å². The van der Waals surface area contributed by atoms with Gasteiger partial charge in [0.2, 0.25) is 5.91 Å². The number of amides is 1. The molecular formula is C11H14FN3O3. The first-order valence-electron chi connectivity index (χ1n) is 5.43. The largest absolute Gasteiger partial charge is 0.320 e. The van der Waals surface area contributed by atoms with Crippen molar-refractivity contribution in [2.45, 2.75) is 12.8 Å². The summed E-state index contributed by atoms with van der Waals surface area (Å²) in [5, 5.41) is 15.8. The molecular weight excluding hydrogens is 241 g/mol. The number of nitro benzene ring substituents is 1. The molecule has 0 saturated carbocycles. The molecule has 0 aliphatic rings. The molecule has 0 unspecified atom stereocenters. The van der Waals surface area contributed by atoms with Crippen LogP contribution in [0.4, 0.5) is 15.8 Å². The van der Waals surface area contributed by atoms with Gasteiger partial charge in [-0.05, 0) is 26.1 Å². The number of anilines is 1. The number of benzene rings is 1. The maximum Gasteiger partial charge on any atom is 0.295 e. The zero-order valence-electron chi connectivity index (χ0n) is 9.90. The fraction of sp³-hybridized carbons (Fsp3) is 0.364. The summed E-state index contributed by atoms with van der Waals surface area (Å²) in [5.41, 5.74) is -0.825. The van der Waals surface area contributed by atoms with Gasteiger partial charge >= 0.3 is 0 Å². The van der Waals surface area contributed by atoms with Crippen LogP contribution in [0.3, 0.4) is 0 Å². The van der Waals surface area contributed by atoms with Crippen LogP contribution in [0.5, 0.6) is 0 Å². The van der Waals surface area contributed by atoms with Gasteiger partial charge in [-0.1, -0.05) is 6.07 Å². The smallest absolute Gasteiger partial charge is 0.295 e. The van der Waals surface area contributed by atoms with E-state index in [1.807, 2.05) is 0 Å². The summed E-state index contributed by atoms with van der Waals surface area (Å²) in [5.74, 6) is -1.26. The second-order valence-electron chi connectivity index (χ2n) is 3.65. The van der Waals surface area contributed by atoms with Crippen molar-refractivity contribution in [2.24, 2.45) is 0 Å². The molecule has 1 rings (SSSR count). The van der Waals surface area contributed by atoms with Gasteiger partial charge in [-0.3, -0.25) is 14.9 Å². The average Bonchev–Trinajstić information content (AvgIpc) is 2.31. The van der Waals surface area contributed by atoms with Gasteiger partial charge in [0.25, 0.3) is 5.69 Å². The highest BCUT2D eigenvalue weighted by atomic mass is 19.1. The van der Waals surface area contributed by atoms with Crippen molar-refractivity contribution >= 4 is 17.3 Å². The Balaban J connectivity index is 2.77. The Bertz CT molecular complexity index is 451. The van der Waals surface area contributed by atoms with Gasteiger partial charge in [0.15, 0.2) is 11.5 Å². The van der Waals surface area contributed by atoms with E-state index in [9.17, 15) is 19.3 Å². The van der Waals surface area contributed by atoms with Crippen molar-refractivity contribution in [2.75, 3.05) is 18.9 Å². The number of hydrogen-bond acceptors (Lipinski definition) is 4. The Morgan fingerprint density at radius 3 is 2.83 bits per heavy atom. The number of nitrogens with zero attached hydrogens (tertiary/aromatic N) is 1. The van der Waals surface area contributed by atoms with E-state index in [-0.39, 0.29) is 12.1 Å². The van der Waals surface area contributed by atoms with Crippen LogP contribution in [0, 0.1) is 15.9 Å². The zero-order valence-corrected chi connectivity index (χ0v) is 9.90. The van der Waals surface area contributed by atoms with E-state index >= 15 is 0 Å². The topological polar surface area (TPSA) is 84.3 Å². The predicted octanol–water partition coefficient (Wildman–Crippen LogP) is 1.67. The molecule has 0 aliphatic heterocycles. The molecule has 98 valence electrons. The Labute approximate surface area is 103 Å². The summed E-state index contributed by atoms with van der Waals surface area (Å²) in [4.78, 5) is 21.4. The zero-order chi connectivity index (χ0) is 13.5. The van der Waals surface area contributed by atoms with E-state index in [4.69, 9.17) is 0 Å². The van der Waals surface area contributed by atoms with Crippen molar-refractivity contribution < 1.29 is 14.1 Å². The van der Waals surface area contributed by atoms with Crippen molar-refractivity contribution in [1.82, 2.24) is 5.32 Å². The van der Waals surface area contributed by atoms with Crippen LogP contribution in [-0.4, -0.2) is 24.4 Å². The fourth-order valence-corrected chi connectivity index (χ4v) is 1.42. The average molecular weight is 255 g/mol. The van der Waals surface area contributed by atoms with E-state index in [1.165, 1.54) is 6.07 Å². The second-order valence-corrected chi connectivity index (χ2v) is 3.65. The number of hydrogen-bond donors (Lipinski definition) is 2.